The second-order valence-corrected chi connectivity index (χ2v) is 7.85. The summed E-state index contributed by atoms with van der Waals surface area (Å²) in [5, 5.41) is 20.0. The first-order valence-electron chi connectivity index (χ1n) is 8.68. The van der Waals surface area contributed by atoms with Gasteiger partial charge in [-0.15, -0.1) is 11.3 Å². The summed E-state index contributed by atoms with van der Waals surface area (Å²) >= 11 is 1.84. The van der Waals surface area contributed by atoms with E-state index >= 15 is 0 Å². The van der Waals surface area contributed by atoms with Gasteiger partial charge in [0, 0.05) is 20.2 Å². The van der Waals surface area contributed by atoms with Crippen LogP contribution in [0.4, 0.5) is 0 Å². The first-order valence-corrected chi connectivity index (χ1v) is 9.50. The Labute approximate surface area is 153 Å². The van der Waals surface area contributed by atoms with Gasteiger partial charge in [-0.1, -0.05) is 54.6 Å². The maximum Gasteiger partial charge on any atom is 0.116 e. The minimum atomic E-state index is 0.310. The Morgan fingerprint density at radius 1 is 0.538 bits per heavy atom. The van der Waals surface area contributed by atoms with Gasteiger partial charge in [-0.25, -0.2) is 0 Å². The number of hydrogen-bond donors (Lipinski definition) is 1. The molecule has 5 aromatic carbocycles. The Balaban J connectivity index is 2.01. The van der Waals surface area contributed by atoms with Crippen LogP contribution in [0.15, 0.2) is 78.9 Å². The molecule has 0 spiro atoms. The van der Waals surface area contributed by atoms with Gasteiger partial charge in [0.05, 0.1) is 0 Å². The minimum Gasteiger partial charge on any atom is -0.508 e. The fourth-order valence-electron chi connectivity index (χ4n) is 4.16. The van der Waals surface area contributed by atoms with Crippen LogP contribution in [0.25, 0.3) is 52.5 Å². The van der Waals surface area contributed by atoms with E-state index in [0.717, 1.165) is 10.8 Å². The van der Waals surface area contributed by atoms with Crippen molar-refractivity contribution >= 4 is 63.8 Å². The first kappa shape index (κ1) is 14.1. The molecule has 0 bridgehead atoms. The second-order valence-electron chi connectivity index (χ2n) is 6.77. The van der Waals surface area contributed by atoms with Crippen LogP contribution in [0.1, 0.15) is 0 Å². The third kappa shape index (κ3) is 1.80. The molecular formula is C24H14OS. The predicted molar refractivity (Wildman–Crippen MR) is 114 cm³/mol. The summed E-state index contributed by atoms with van der Waals surface area (Å²) in [6.45, 7) is 0. The van der Waals surface area contributed by atoms with Crippen molar-refractivity contribution in [1.29, 1.82) is 0 Å². The summed E-state index contributed by atoms with van der Waals surface area (Å²) < 4.78 is 2.62. The molecule has 0 unspecified atom stereocenters. The predicted octanol–water partition coefficient (Wildman–Crippen LogP) is 7.22. The van der Waals surface area contributed by atoms with Crippen LogP contribution in [0.2, 0.25) is 0 Å². The summed E-state index contributed by atoms with van der Waals surface area (Å²) in [6.07, 6.45) is 0. The van der Waals surface area contributed by atoms with E-state index in [2.05, 4.69) is 60.7 Å². The number of hydrogen-bond acceptors (Lipinski definition) is 2. The van der Waals surface area contributed by atoms with Gasteiger partial charge >= 0.3 is 0 Å². The summed E-state index contributed by atoms with van der Waals surface area (Å²) in [4.78, 5) is 0. The highest BCUT2D eigenvalue weighted by atomic mass is 32.1. The molecule has 0 atom stereocenters. The number of rotatable bonds is 0. The Morgan fingerprint density at radius 3 is 2.12 bits per heavy atom. The van der Waals surface area contributed by atoms with Crippen molar-refractivity contribution in [3.8, 4) is 5.75 Å². The van der Waals surface area contributed by atoms with Crippen molar-refractivity contribution in [3.05, 3.63) is 78.9 Å². The molecule has 1 aromatic heterocycles. The molecular weight excluding hydrogens is 336 g/mol. The van der Waals surface area contributed by atoms with Gasteiger partial charge in [0.25, 0.3) is 0 Å². The van der Waals surface area contributed by atoms with Crippen molar-refractivity contribution in [2.45, 2.75) is 0 Å². The van der Waals surface area contributed by atoms with Crippen molar-refractivity contribution in [3.63, 3.8) is 0 Å². The highest BCUT2D eigenvalue weighted by Crippen LogP contribution is 2.43. The van der Waals surface area contributed by atoms with E-state index in [-0.39, 0.29) is 0 Å². The zero-order chi connectivity index (χ0) is 17.3. The van der Waals surface area contributed by atoms with E-state index < -0.39 is 0 Å². The summed E-state index contributed by atoms with van der Waals surface area (Å²) in [7, 11) is 0. The maximum absolute atomic E-state index is 10.1. The molecule has 0 fully saturated rings. The molecule has 1 nitrogen and oxygen atoms in total. The summed E-state index contributed by atoms with van der Waals surface area (Å²) in [6, 6.07) is 27.4. The van der Waals surface area contributed by atoms with E-state index in [4.69, 9.17) is 0 Å². The van der Waals surface area contributed by atoms with Crippen LogP contribution >= 0.6 is 11.3 Å². The molecule has 0 aliphatic rings. The second kappa shape index (κ2) is 4.96. The van der Waals surface area contributed by atoms with Gasteiger partial charge in [-0.05, 0) is 56.6 Å². The van der Waals surface area contributed by atoms with Gasteiger partial charge in [0.15, 0.2) is 0 Å². The quantitative estimate of drug-likeness (QED) is 0.287. The van der Waals surface area contributed by atoms with Crippen LogP contribution in [0.5, 0.6) is 5.75 Å². The molecule has 0 aliphatic carbocycles. The highest BCUT2D eigenvalue weighted by Gasteiger charge is 2.13. The lowest BCUT2D eigenvalue weighted by molar-refractivity contribution is 0.476. The lowest BCUT2D eigenvalue weighted by atomic mass is 9.93. The van der Waals surface area contributed by atoms with Crippen molar-refractivity contribution in [1.82, 2.24) is 0 Å². The molecule has 0 aliphatic heterocycles. The van der Waals surface area contributed by atoms with E-state index in [0.29, 0.717) is 5.75 Å². The van der Waals surface area contributed by atoms with E-state index in [1.165, 1.54) is 41.7 Å². The van der Waals surface area contributed by atoms with Crippen molar-refractivity contribution < 1.29 is 5.11 Å². The average molecular weight is 350 g/mol. The molecule has 6 aromatic rings. The van der Waals surface area contributed by atoms with Crippen LogP contribution in [0, 0.1) is 0 Å². The number of thiophene rings is 1. The van der Waals surface area contributed by atoms with E-state index in [1.54, 1.807) is 6.07 Å². The highest BCUT2D eigenvalue weighted by molar-refractivity contribution is 7.26. The minimum absolute atomic E-state index is 0.310. The first-order chi connectivity index (χ1) is 12.8. The standard InChI is InChI=1S/C24H14OS/c25-17-11-9-14-5-6-15-7-8-16-10-12-21-24(23(16)22(15)19(14)13-17)18-3-1-2-4-20(18)26-21/h1-13,25H. The number of aromatic hydroxyl groups is 1. The van der Waals surface area contributed by atoms with Gasteiger partial charge in [0.2, 0.25) is 0 Å². The van der Waals surface area contributed by atoms with Crippen LogP contribution < -0.4 is 0 Å². The number of phenolic OH excluding ortho intramolecular Hbond substituents is 1. The van der Waals surface area contributed by atoms with Crippen LogP contribution in [-0.4, -0.2) is 5.11 Å². The molecule has 2 heteroatoms. The maximum atomic E-state index is 10.1. The van der Waals surface area contributed by atoms with Crippen LogP contribution in [-0.2, 0) is 0 Å². The average Bonchev–Trinajstić information content (AvgIpc) is 3.06. The number of benzene rings is 5. The molecule has 0 saturated heterocycles. The molecule has 1 heterocycles. The molecule has 1 N–H and O–H groups in total. The number of fused-ring (bicyclic) bond motifs is 9. The third-order valence-electron chi connectivity index (χ3n) is 5.31. The summed E-state index contributed by atoms with van der Waals surface area (Å²) in [5.74, 6) is 0.310. The number of phenols is 1. The third-order valence-corrected chi connectivity index (χ3v) is 6.44. The van der Waals surface area contributed by atoms with Gasteiger partial charge in [-0.2, -0.15) is 0 Å². The van der Waals surface area contributed by atoms with Gasteiger partial charge in [0.1, 0.15) is 5.75 Å². The molecule has 0 saturated carbocycles. The van der Waals surface area contributed by atoms with Gasteiger partial charge < -0.3 is 5.11 Å². The van der Waals surface area contributed by atoms with Crippen molar-refractivity contribution in [2.75, 3.05) is 0 Å². The molecule has 0 radical (unpaired) electrons. The van der Waals surface area contributed by atoms with E-state index in [1.807, 2.05) is 23.5 Å². The van der Waals surface area contributed by atoms with Crippen LogP contribution in [0.3, 0.4) is 0 Å². The molecule has 26 heavy (non-hydrogen) atoms. The lowest BCUT2D eigenvalue weighted by Crippen LogP contribution is -1.82. The zero-order valence-electron chi connectivity index (χ0n) is 13.9. The fourth-order valence-corrected chi connectivity index (χ4v) is 5.28. The summed E-state index contributed by atoms with van der Waals surface area (Å²) in [5.41, 5.74) is 0. The molecule has 122 valence electrons. The Morgan fingerprint density at radius 2 is 1.23 bits per heavy atom. The Bertz CT molecular complexity index is 1490. The smallest absolute Gasteiger partial charge is 0.116 e. The van der Waals surface area contributed by atoms with Crippen molar-refractivity contribution in [2.24, 2.45) is 0 Å². The molecule has 6 rings (SSSR count). The topological polar surface area (TPSA) is 20.2 Å². The van der Waals surface area contributed by atoms with E-state index in [9.17, 15) is 5.11 Å². The molecule has 0 amide bonds. The Hall–Kier alpha value is -3.10. The lowest BCUT2D eigenvalue weighted by Gasteiger charge is -2.10. The SMILES string of the molecule is Oc1ccc2ccc3ccc4ccc5sc6ccccc6c5c4c3c2c1. The Kier molecular flexibility index (Phi) is 2.69. The normalized spacial score (nSPS) is 12.0. The zero-order valence-corrected chi connectivity index (χ0v) is 14.7. The monoisotopic (exact) mass is 350 g/mol. The largest absolute Gasteiger partial charge is 0.508 e. The fraction of sp³-hybridized carbons (Fsp3) is 0. The van der Waals surface area contributed by atoms with Gasteiger partial charge in [-0.3, -0.25) is 0 Å².